The van der Waals surface area contributed by atoms with Crippen molar-refractivity contribution in [2.45, 2.75) is 12.8 Å². The van der Waals surface area contributed by atoms with Gasteiger partial charge in [0, 0.05) is 38.1 Å². The molecule has 0 aliphatic carbocycles. The number of rotatable bonds is 7. The highest BCUT2D eigenvalue weighted by atomic mass is 35.5. The molecule has 184 valence electrons. The summed E-state index contributed by atoms with van der Waals surface area (Å²) < 4.78 is 65.7. The van der Waals surface area contributed by atoms with E-state index < -0.39 is 28.3 Å². The molecular weight excluding hydrogens is 492 g/mol. The van der Waals surface area contributed by atoms with E-state index in [1.807, 2.05) is 0 Å². The fraction of sp³-hybridized carbons (Fsp3) is 0.174. The van der Waals surface area contributed by atoms with E-state index in [9.17, 15) is 22.4 Å². The number of nitrogens with zero attached hydrogens (tertiary/aromatic N) is 3. The van der Waals surface area contributed by atoms with Crippen molar-refractivity contribution in [3.63, 3.8) is 0 Å². The van der Waals surface area contributed by atoms with Gasteiger partial charge >= 0.3 is 11.9 Å². The van der Waals surface area contributed by atoms with Crippen molar-refractivity contribution in [3.05, 3.63) is 86.8 Å². The van der Waals surface area contributed by atoms with E-state index in [-0.39, 0.29) is 24.0 Å². The Bertz CT molecular complexity index is 1350. The SMILES string of the molecule is CN=CC(=CN)c1cc(OCc2ccc(Oc3ccc(Cl)c(C(F)(F)F)c3)c(F)c2)nc(=O)n1C. The summed E-state index contributed by atoms with van der Waals surface area (Å²) in [5, 5.41) is -0.499. The zero-order valence-electron chi connectivity index (χ0n) is 18.4. The molecule has 0 aliphatic rings. The molecule has 3 rings (SSSR count). The van der Waals surface area contributed by atoms with Crippen molar-refractivity contribution in [1.82, 2.24) is 9.55 Å². The summed E-state index contributed by atoms with van der Waals surface area (Å²) >= 11 is 5.59. The van der Waals surface area contributed by atoms with E-state index in [4.69, 9.17) is 26.8 Å². The Morgan fingerprint density at radius 2 is 1.97 bits per heavy atom. The summed E-state index contributed by atoms with van der Waals surface area (Å²) in [6.45, 7) is -0.153. The topological polar surface area (TPSA) is 91.7 Å². The smallest absolute Gasteiger partial charge is 0.417 e. The maximum absolute atomic E-state index is 14.6. The van der Waals surface area contributed by atoms with Crippen LogP contribution in [0.2, 0.25) is 5.02 Å². The van der Waals surface area contributed by atoms with Crippen molar-refractivity contribution in [1.29, 1.82) is 0 Å². The Kier molecular flexibility index (Phi) is 7.80. The van der Waals surface area contributed by atoms with Crippen LogP contribution in [0.15, 0.2) is 58.5 Å². The second-order valence-corrected chi connectivity index (χ2v) is 7.53. The van der Waals surface area contributed by atoms with Gasteiger partial charge in [-0.15, -0.1) is 0 Å². The van der Waals surface area contributed by atoms with Gasteiger partial charge in [-0.1, -0.05) is 17.7 Å². The number of hydrogen-bond donors (Lipinski definition) is 1. The predicted octanol–water partition coefficient (Wildman–Crippen LogP) is 4.96. The zero-order valence-corrected chi connectivity index (χ0v) is 19.2. The van der Waals surface area contributed by atoms with Gasteiger partial charge in [-0.05, 0) is 35.9 Å². The van der Waals surface area contributed by atoms with Gasteiger partial charge in [0.15, 0.2) is 11.6 Å². The lowest BCUT2D eigenvalue weighted by atomic mass is 10.2. The molecule has 0 amide bonds. The van der Waals surface area contributed by atoms with Crippen LogP contribution in [0.25, 0.3) is 5.57 Å². The van der Waals surface area contributed by atoms with Gasteiger partial charge in [-0.2, -0.15) is 18.2 Å². The Morgan fingerprint density at radius 3 is 2.60 bits per heavy atom. The van der Waals surface area contributed by atoms with Gasteiger partial charge in [0.1, 0.15) is 12.4 Å². The molecule has 1 aromatic heterocycles. The summed E-state index contributed by atoms with van der Waals surface area (Å²) in [5.74, 6) is -1.39. The Balaban J connectivity index is 1.77. The third-order valence-electron chi connectivity index (χ3n) is 4.71. The molecule has 7 nitrogen and oxygen atoms in total. The molecular formula is C23H19ClF4N4O3. The molecule has 0 aliphatic heterocycles. The second kappa shape index (κ2) is 10.6. The Labute approximate surface area is 202 Å². The highest BCUT2D eigenvalue weighted by Crippen LogP contribution is 2.38. The zero-order chi connectivity index (χ0) is 25.8. The fourth-order valence-electron chi connectivity index (χ4n) is 2.99. The van der Waals surface area contributed by atoms with Crippen molar-refractivity contribution in [2.75, 3.05) is 7.05 Å². The first kappa shape index (κ1) is 25.8. The van der Waals surface area contributed by atoms with Crippen LogP contribution in [0.5, 0.6) is 17.4 Å². The van der Waals surface area contributed by atoms with Gasteiger partial charge in [0.25, 0.3) is 0 Å². The molecule has 0 saturated heterocycles. The van der Waals surface area contributed by atoms with E-state index in [1.54, 1.807) is 7.05 Å². The molecule has 0 saturated carbocycles. The van der Waals surface area contributed by atoms with Gasteiger partial charge in [-0.25, -0.2) is 9.18 Å². The summed E-state index contributed by atoms with van der Waals surface area (Å²) in [7, 11) is 3.05. The second-order valence-electron chi connectivity index (χ2n) is 7.13. The molecule has 12 heteroatoms. The number of benzene rings is 2. The average molecular weight is 511 g/mol. The van der Waals surface area contributed by atoms with Crippen LogP contribution in [-0.2, 0) is 19.8 Å². The largest absolute Gasteiger partial charge is 0.473 e. The minimum absolute atomic E-state index is 0.0199. The normalized spacial score (nSPS) is 12.3. The van der Waals surface area contributed by atoms with Gasteiger partial charge in [0.05, 0.1) is 16.3 Å². The Hall–Kier alpha value is -3.86. The number of aliphatic imine (C=N–C) groups is 1. The van der Waals surface area contributed by atoms with Crippen LogP contribution in [0.1, 0.15) is 16.8 Å². The van der Waals surface area contributed by atoms with Crippen LogP contribution < -0.4 is 20.9 Å². The lowest BCUT2D eigenvalue weighted by Gasteiger charge is -2.13. The molecule has 3 aromatic rings. The molecule has 0 fully saturated rings. The average Bonchev–Trinajstić information content (AvgIpc) is 2.80. The van der Waals surface area contributed by atoms with Crippen LogP contribution in [-0.4, -0.2) is 22.8 Å². The number of hydrogen-bond acceptors (Lipinski definition) is 6. The first-order chi connectivity index (χ1) is 16.5. The molecule has 2 aromatic carbocycles. The van der Waals surface area contributed by atoms with E-state index in [0.717, 1.165) is 12.1 Å². The highest BCUT2D eigenvalue weighted by molar-refractivity contribution is 6.31. The van der Waals surface area contributed by atoms with Crippen LogP contribution in [0.3, 0.4) is 0 Å². The van der Waals surface area contributed by atoms with E-state index in [2.05, 4.69) is 9.98 Å². The van der Waals surface area contributed by atoms with Crippen molar-refractivity contribution >= 4 is 23.4 Å². The quantitative estimate of drug-likeness (QED) is 0.358. The van der Waals surface area contributed by atoms with Crippen molar-refractivity contribution in [2.24, 2.45) is 17.8 Å². The van der Waals surface area contributed by atoms with Gasteiger partial charge in [-0.3, -0.25) is 9.56 Å². The molecule has 0 atom stereocenters. The van der Waals surface area contributed by atoms with E-state index in [0.29, 0.717) is 22.9 Å². The molecule has 0 spiro atoms. The summed E-state index contributed by atoms with van der Waals surface area (Å²) in [5.41, 5.74) is 5.13. The molecule has 0 radical (unpaired) electrons. The van der Waals surface area contributed by atoms with Crippen LogP contribution in [0, 0.1) is 5.82 Å². The van der Waals surface area contributed by atoms with Crippen LogP contribution in [0.4, 0.5) is 17.6 Å². The molecule has 1 heterocycles. The monoisotopic (exact) mass is 510 g/mol. The molecule has 0 unspecified atom stereocenters. The number of nitrogens with two attached hydrogens (primary N) is 1. The summed E-state index contributed by atoms with van der Waals surface area (Å²) in [6, 6.07) is 8.16. The number of ether oxygens (including phenoxy) is 2. The third kappa shape index (κ3) is 6.18. The van der Waals surface area contributed by atoms with Crippen molar-refractivity contribution in [3.8, 4) is 17.4 Å². The first-order valence-corrected chi connectivity index (χ1v) is 10.3. The number of halogens is 5. The standard InChI is InChI=1S/C23H19ClF4N4O3/c1-30-11-14(10-29)19-9-21(31-22(33)32(19)2)34-12-13-3-6-20(18(25)7-13)35-15-4-5-17(24)16(8-15)23(26,27)28/h3-11H,12,29H2,1-2H3. The Morgan fingerprint density at radius 1 is 1.23 bits per heavy atom. The van der Waals surface area contributed by atoms with E-state index >= 15 is 0 Å². The molecule has 35 heavy (non-hydrogen) atoms. The predicted molar refractivity (Wildman–Crippen MR) is 123 cm³/mol. The number of alkyl halides is 3. The van der Waals surface area contributed by atoms with Crippen LogP contribution >= 0.6 is 11.6 Å². The first-order valence-electron chi connectivity index (χ1n) is 9.91. The maximum atomic E-state index is 14.6. The van der Waals surface area contributed by atoms with Gasteiger partial charge < -0.3 is 15.2 Å². The lowest BCUT2D eigenvalue weighted by Crippen LogP contribution is -2.24. The van der Waals surface area contributed by atoms with E-state index in [1.165, 1.54) is 48.3 Å². The number of aromatic nitrogens is 2. The minimum atomic E-state index is -4.69. The third-order valence-corrected chi connectivity index (χ3v) is 5.04. The fourth-order valence-corrected chi connectivity index (χ4v) is 3.21. The summed E-state index contributed by atoms with van der Waals surface area (Å²) in [6.07, 6.45) is -1.95. The van der Waals surface area contributed by atoms with Crippen molar-refractivity contribution < 1.29 is 27.0 Å². The summed E-state index contributed by atoms with van der Waals surface area (Å²) in [4.78, 5) is 19.9. The minimum Gasteiger partial charge on any atom is -0.473 e. The highest BCUT2D eigenvalue weighted by Gasteiger charge is 2.33. The lowest BCUT2D eigenvalue weighted by molar-refractivity contribution is -0.137. The molecule has 0 bridgehead atoms. The maximum Gasteiger partial charge on any atom is 0.417 e. The van der Waals surface area contributed by atoms with Gasteiger partial charge in [0.2, 0.25) is 5.88 Å². The molecule has 2 N–H and O–H groups in total. The number of allylic oxidation sites excluding steroid dienone is 1.